The summed E-state index contributed by atoms with van der Waals surface area (Å²) in [6.45, 7) is 7.51. The zero-order valence-corrected chi connectivity index (χ0v) is 11.8. The fraction of sp³-hybridized carbons (Fsp3) is 0.500. The van der Waals surface area contributed by atoms with Gasteiger partial charge >= 0.3 is 0 Å². The van der Waals surface area contributed by atoms with Crippen molar-refractivity contribution >= 4 is 11.0 Å². The molecule has 1 aromatic carbocycles. The summed E-state index contributed by atoms with van der Waals surface area (Å²) in [6, 6.07) is 6.63. The van der Waals surface area contributed by atoms with Crippen LogP contribution in [0.4, 0.5) is 0 Å². The maximum Gasteiger partial charge on any atom is 0.134 e. The molecule has 0 aliphatic heterocycles. The summed E-state index contributed by atoms with van der Waals surface area (Å²) < 4.78 is 5.94. The lowest BCUT2D eigenvalue weighted by molar-refractivity contribution is 0.524. The lowest BCUT2D eigenvalue weighted by Crippen LogP contribution is -2.05. The normalized spacial score (nSPS) is 13.1. The molecule has 98 valence electrons. The molecule has 0 amide bonds. The van der Waals surface area contributed by atoms with Gasteiger partial charge in [0, 0.05) is 10.9 Å². The van der Waals surface area contributed by atoms with Gasteiger partial charge in [0.15, 0.2) is 0 Å². The van der Waals surface area contributed by atoms with Crippen LogP contribution >= 0.6 is 0 Å². The molecule has 1 unspecified atom stereocenters. The predicted octanol–water partition coefficient (Wildman–Crippen LogP) is 4.23. The number of benzene rings is 1. The van der Waals surface area contributed by atoms with Gasteiger partial charge in [0.25, 0.3) is 0 Å². The molecule has 2 rings (SSSR count). The molecule has 1 N–H and O–H groups in total. The van der Waals surface area contributed by atoms with Gasteiger partial charge in [-0.2, -0.15) is 0 Å². The molecule has 0 spiro atoms. The standard InChI is InChI=1S/C16H23NO/c1-5-11(3)12-7-8-15-14(9-12)13(6-2)16(18-15)10-17-4/h7-9,11,17H,5-6,10H2,1-4H3. The first-order chi connectivity index (χ1) is 8.71. The molecular formula is C16H23NO. The average Bonchev–Trinajstić information content (AvgIpc) is 2.74. The molecule has 1 aromatic heterocycles. The summed E-state index contributed by atoms with van der Waals surface area (Å²) in [5, 5.41) is 4.47. The highest BCUT2D eigenvalue weighted by Gasteiger charge is 2.13. The van der Waals surface area contributed by atoms with Crippen molar-refractivity contribution in [2.24, 2.45) is 0 Å². The van der Waals surface area contributed by atoms with Gasteiger partial charge in [-0.05, 0) is 43.5 Å². The van der Waals surface area contributed by atoms with E-state index < -0.39 is 0 Å². The molecule has 0 saturated carbocycles. The topological polar surface area (TPSA) is 25.2 Å². The SMILES string of the molecule is CCc1c(CNC)oc2ccc(C(C)CC)cc12. The molecule has 2 nitrogen and oxygen atoms in total. The highest BCUT2D eigenvalue weighted by atomic mass is 16.3. The van der Waals surface area contributed by atoms with E-state index in [-0.39, 0.29) is 0 Å². The minimum Gasteiger partial charge on any atom is -0.459 e. The first-order valence-electron chi connectivity index (χ1n) is 6.90. The molecule has 0 saturated heterocycles. The molecule has 2 heteroatoms. The van der Waals surface area contributed by atoms with Gasteiger partial charge < -0.3 is 9.73 Å². The van der Waals surface area contributed by atoms with E-state index in [0.29, 0.717) is 5.92 Å². The van der Waals surface area contributed by atoms with Crippen LogP contribution in [-0.2, 0) is 13.0 Å². The fourth-order valence-corrected chi connectivity index (χ4v) is 2.45. The second-order valence-electron chi connectivity index (χ2n) is 4.95. The van der Waals surface area contributed by atoms with E-state index in [4.69, 9.17) is 4.42 Å². The number of furan rings is 1. The first-order valence-corrected chi connectivity index (χ1v) is 6.90. The Kier molecular flexibility index (Phi) is 4.07. The number of hydrogen-bond acceptors (Lipinski definition) is 2. The maximum atomic E-state index is 5.94. The molecule has 0 fully saturated rings. The van der Waals surface area contributed by atoms with E-state index in [1.54, 1.807) is 0 Å². The fourth-order valence-electron chi connectivity index (χ4n) is 2.45. The zero-order valence-electron chi connectivity index (χ0n) is 11.8. The van der Waals surface area contributed by atoms with Crippen molar-refractivity contribution in [1.82, 2.24) is 5.32 Å². The molecule has 0 aliphatic carbocycles. The summed E-state index contributed by atoms with van der Waals surface area (Å²) in [4.78, 5) is 0. The monoisotopic (exact) mass is 245 g/mol. The van der Waals surface area contributed by atoms with Crippen LogP contribution in [0, 0.1) is 0 Å². The molecule has 0 bridgehead atoms. The van der Waals surface area contributed by atoms with Crippen molar-refractivity contribution < 1.29 is 4.42 Å². The maximum absolute atomic E-state index is 5.94. The van der Waals surface area contributed by atoms with Crippen molar-refractivity contribution in [3.63, 3.8) is 0 Å². The number of nitrogens with one attached hydrogen (secondary N) is 1. The molecule has 0 radical (unpaired) electrons. The summed E-state index contributed by atoms with van der Waals surface area (Å²) >= 11 is 0. The predicted molar refractivity (Wildman–Crippen MR) is 77.1 cm³/mol. The third-order valence-corrected chi connectivity index (χ3v) is 3.77. The summed E-state index contributed by atoms with van der Waals surface area (Å²) in [7, 11) is 1.96. The second-order valence-corrected chi connectivity index (χ2v) is 4.95. The van der Waals surface area contributed by atoms with Gasteiger partial charge in [-0.15, -0.1) is 0 Å². The zero-order chi connectivity index (χ0) is 13.1. The van der Waals surface area contributed by atoms with Crippen LogP contribution in [0.5, 0.6) is 0 Å². The van der Waals surface area contributed by atoms with Crippen LogP contribution in [0.3, 0.4) is 0 Å². The van der Waals surface area contributed by atoms with E-state index in [1.165, 1.54) is 22.9 Å². The Bertz CT molecular complexity index is 527. The Hall–Kier alpha value is -1.28. The van der Waals surface area contributed by atoms with Crippen molar-refractivity contribution in [2.45, 2.75) is 46.1 Å². The van der Waals surface area contributed by atoms with Crippen LogP contribution < -0.4 is 5.32 Å². The van der Waals surface area contributed by atoms with Crippen LogP contribution in [0.25, 0.3) is 11.0 Å². The van der Waals surface area contributed by atoms with Crippen LogP contribution in [0.1, 0.15) is 50.0 Å². The van der Waals surface area contributed by atoms with E-state index >= 15 is 0 Å². The highest BCUT2D eigenvalue weighted by molar-refractivity contribution is 5.83. The Labute approximate surface area is 109 Å². The van der Waals surface area contributed by atoms with E-state index in [1.807, 2.05) is 7.05 Å². The van der Waals surface area contributed by atoms with Crippen molar-refractivity contribution in [3.8, 4) is 0 Å². The van der Waals surface area contributed by atoms with E-state index in [0.717, 1.165) is 24.3 Å². The lowest BCUT2D eigenvalue weighted by atomic mass is 9.96. The summed E-state index contributed by atoms with van der Waals surface area (Å²) in [6.07, 6.45) is 2.20. The number of fused-ring (bicyclic) bond motifs is 1. The van der Waals surface area contributed by atoms with Gasteiger partial charge in [0.1, 0.15) is 11.3 Å². The molecule has 0 aliphatic rings. The minimum atomic E-state index is 0.613. The van der Waals surface area contributed by atoms with Crippen molar-refractivity contribution in [1.29, 1.82) is 0 Å². The second kappa shape index (κ2) is 5.57. The van der Waals surface area contributed by atoms with Gasteiger partial charge in [0.2, 0.25) is 0 Å². The van der Waals surface area contributed by atoms with Gasteiger partial charge in [0.05, 0.1) is 6.54 Å². The Balaban J connectivity index is 2.53. The van der Waals surface area contributed by atoms with Gasteiger partial charge in [-0.25, -0.2) is 0 Å². The highest BCUT2D eigenvalue weighted by Crippen LogP contribution is 2.30. The van der Waals surface area contributed by atoms with Crippen LogP contribution in [0.15, 0.2) is 22.6 Å². The number of rotatable bonds is 5. The van der Waals surface area contributed by atoms with Crippen molar-refractivity contribution in [3.05, 3.63) is 35.1 Å². The Morgan fingerprint density at radius 3 is 2.67 bits per heavy atom. The molecular weight excluding hydrogens is 222 g/mol. The van der Waals surface area contributed by atoms with Crippen LogP contribution in [-0.4, -0.2) is 7.05 Å². The molecule has 2 aromatic rings. The molecule has 1 atom stereocenters. The van der Waals surface area contributed by atoms with E-state index in [2.05, 4.69) is 44.3 Å². The summed E-state index contributed by atoms with van der Waals surface area (Å²) in [5.74, 6) is 1.69. The summed E-state index contributed by atoms with van der Waals surface area (Å²) in [5.41, 5.74) is 3.78. The van der Waals surface area contributed by atoms with E-state index in [9.17, 15) is 0 Å². The third-order valence-electron chi connectivity index (χ3n) is 3.77. The number of aryl methyl sites for hydroxylation is 1. The average molecular weight is 245 g/mol. The van der Waals surface area contributed by atoms with Gasteiger partial charge in [-0.1, -0.05) is 26.8 Å². The van der Waals surface area contributed by atoms with Crippen molar-refractivity contribution in [2.75, 3.05) is 7.05 Å². The third kappa shape index (κ3) is 2.30. The largest absolute Gasteiger partial charge is 0.459 e. The lowest BCUT2D eigenvalue weighted by Gasteiger charge is -2.08. The number of hydrogen-bond donors (Lipinski definition) is 1. The molecule has 18 heavy (non-hydrogen) atoms. The quantitative estimate of drug-likeness (QED) is 0.852. The Morgan fingerprint density at radius 2 is 2.06 bits per heavy atom. The van der Waals surface area contributed by atoms with Crippen LogP contribution in [0.2, 0.25) is 0 Å². The minimum absolute atomic E-state index is 0.613. The first kappa shape index (κ1) is 13.2. The smallest absolute Gasteiger partial charge is 0.134 e. The van der Waals surface area contributed by atoms with Gasteiger partial charge in [-0.3, -0.25) is 0 Å². The molecule has 1 heterocycles. The Morgan fingerprint density at radius 1 is 1.28 bits per heavy atom.